The molecule has 0 aliphatic rings. The lowest BCUT2D eigenvalue weighted by Gasteiger charge is -2.16. The van der Waals surface area contributed by atoms with Crippen molar-refractivity contribution in [2.75, 3.05) is 5.33 Å². The predicted molar refractivity (Wildman–Crippen MR) is 56.5 cm³/mol. The molecule has 0 amide bonds. The minimum Gasteiger partial charge on any atom is -0.247 e. The number of hydrogen-bond donors (Lipinski definition) is 0. The standard InChI is InChI=1S/C10H20BrF/c1-8(2)10(12)7-9(3)5-4-6-11/h8-10H,4-7H2,1-3H3. The summed E-state index contributed by atoms with van der Waals surface area (Å²) < 4.78 is 13.2. The van der Waals surface area contributed by atoms with Crippen molar-refractivity contribution in [1.82, 2.24) is 0 Å². The van der Waals surface area contributed by atoms with E-state index >= 15 is 0 Å². The van der Waals surface area contributed by atoms with Gasteiger partial charge < -0.3 is 0 Å². The fraction of sp³-hybridized carbons (Fsp3) is 1.00. The van der Waals surface area contributed by atoms with Gasteiger partial charge in [-0.1, -0.05) is 36.7 Å². The molecule has 12 heavy (non-hydrogen) atoms. The highest BCUT2D eigenvalue weighted by molar-refractivity contribution is 9.09. The largest absolute Gasteiger partial charge is 0.247 e. The Kier molecular flexibility index (Phi) is 7.11. The van der Waals surface area contributed by atoms with Crippen molar-refractivity contribution < 1.29 is 4.39 Å². The van der Waals surface area contributed by atoms with Crippen LogP contribution < -0.4 is 0 Å². The van der Waals surface area contributed by atoms with E-state index in [-0.39, 0.29) is 5.92 Å². The molecule has 0 aromatic heterocycles. The van der Waals surface area contributed by atoms with Crippen LogP contribution >= 0.6 is 15.9 Å². The Labute approximate surface area is 84.1 Å². The monoisotopic (exact) mass is 238 g/mol. The summed E-state index contributed by atoms with van der Waals surface area (Å²) in [5.74, 6) is 0.705. The molecule has 0 rings (SSSR count). The first-order valence-electron chi connectivity index (χ1n) is 4.78. The minimum atomic E-state index is -0.615. The van der Waals surface area contributed by atoms with Crippen LogP contribution in [0.15, 0.2) is 0 Å². The van der Waals surface area contributed by atoms with E-state index in [1.165, 1.54) is 0 Å². The lowest BCUT2D eigenvalue weighted by molar-refractivity contribution is 0.208. The Balaban J connectivity index is 3.47. The van der Waals surface area contributed by atoms with Gasteiger partial charge in [0.15, 0.2) is 0 Å². The molecule has 0 aliphatic heterocycles. The summed E-state index contributed by atoms with van der Waals surface area (Å²) in [4.78, 5) is 0. The number of hydrogen-bond acceptors (Lipinski definition) is 0. The molecule has 0 saturated carbocycles. The van der Waals surface area contributed by atoms with E-state index in [0.717, 1.165) is 24.6 Å². The van der Waals surface area contributed by atoms with Crippen molar-refractivity contribution in [3.8, 4) is 0 Å². The summed E-state index contributed by atoms with van der Waals surface area (Å²) in [6.45, 7) is 6.03. The van der Waals surface area contributed by atoms with Gasteiger partial charge in [0.05, 0.1) is 0 Å². The second-order valence-corrected chi connectivity index (χ2v) is 4.73. The van der Waals surface area contributed by atoms with Crippen LogP contribution in [0.5, 0.6) is 0 Å². The van der Waals surface area contributed by atoms with Gasteiger partial charge in [-0.25, -0.2) is 4.39 Å². The van der Waals surface area contributed by atoms with E-state index in [4.69, 9.17) is 0 Å². The summed E-state index contributed by atoms with van der Waals surface area (Å²) in [5, 5.41) is 1.04. The minimum absolute atomic E-state index is 0.177. The highest BCUT2D eigenvalue weighted by Gasteiger charge is 2.14. The van der Waals surface area contributed by atoms with Gasteiger partial charge in [-0.3, -0.25) is 0 Å². The van der Waals surface area contributed by atoms with Crippen LogP contribution in [0, 0.1) is 11.8 Å². The van der Waals surface area contributed by atoms with Crippen molar-refractivity contribution >= 4 is 15.9 Å². The maximum absolute atomic E-state index is 13.2. The Bertz CT molecular complexity index is 104. The second kappa shape index (κ2) is 6.88. The van der Waals surface area contributed by atoms with Gasteiger partial charge in [0.1, 0.15) is 6.17 Å². The quantitative estimate of drug-likeness (QED) is 0.610. The smallest absolute Gasteiger partial charge is 0.103 e. The van der Waals surface area contributed by atoms with Crippen molar-refractivity contribution in [3.05, 3.63) is 0 Å². The first-order valence-corrected chi connectivity index (χ1v) is 5.90. The molecule has 0 fully saturated rings. The van der Waals surface area contributed by atoms with E-state index < -0.39 is 6.17 Å². The van der Waals surface area contributed by atoms with Gasteiger partial charge >= 0.3 is 0 Å². The van der Waals surface area contributed by atoms with Gasteiger partial charge in [-0.2, -0.15) is 0 Å². The van der Waals surface area contributed by atoms with Crippen LogP contribution in [-0.4, -0.2) is 11.5 Å². The van der Waals surface area contributed by atoms with Crippen LogP contribution in [0.4, 0.5) is 4.39 Å². The average molecular weight is 239 g/mol. The number of alkyl halides is 2. The van der Waals surface area contributed by atoms with Crippen molar-refractivity contribution in [3.63, 3.8) is 0 Å². The van der Waals surface area contributed by atoms with Gasteiger partial charge in [-0.05, 0) is 31.1 Å². The van der Waals surface area contributed by atoms with Crippen molar-refractivity contribution in [2.24, 2.45) is 11.8 Å². The molecule has 2 atom stereocenters. The third kappa shape index (κ3) is 5.99. The maximum atomic E-state index is 13.2. The zero-order valence-electron chi connectivity index (χ0n) is 8.32. The molecule has 0 bridgehead atoms. The molecule has 2 heteroatoms. The molecular formula is C10H20BrF. The first kappa shape index (κ1) is 12.4. The Hall–Kier alpha value is 0.410. The SMILES string of the molecule is CC(CCCBr)CC(F)C(C)C. The second-order valence-electron chi connectivity index (χ2n) is 3.93. The van der Waals surface area contributed by atoms with Crippen LogP contribution in [0.25, 0.3) is 0 Å². The van der Waals surface area contributed by atoms with Crippen molar-refractivity contribution in [1.29, 1.82) is 0 Å². The van der Waals surface area contributed by atoms with E-state index in [2.05, 4.69) is 22.9 Å². The number of halogens is 2. The fourth-order valence-corrected chi connectivity index (χ4v) is 1.52. The lowest BCUT2D eigenvalue weighted by atomic mass is 9.94. The third-order valence-electron chi connectivity index (χ3n) is 2.18. The highest BCUT2D eigenvalue weighted by atomic mass is 79.9. The van der Waals surface area contributed by atoms with Crippen LogP contribution in [-0.2, 0) is 0 Å². The maximum Gasteiger partial charge on any atom is 0.103 e. The van der Waals surface area contributed by atoms with Crippen molar-refractivity contribution in [2.45, 2.75) is 46.2 Å². The van der Waals surface area contributed by atoms with E-state index in [1.54, 1.807) is 0 Å². The van der Waals surface area contributed by atoms with Gasteiger partial charge in [0.2, 0.25) is 0 Å². The van der Waals surface area contributed by atoms with Gasteiger partial charge in [-0.15, -0.1) is 0 Å². The highest BCUT2D eigenvalue weighted by Crippen LogP contribution is 2.20. The summed E-state index contributed by atoms with van der Waals surface area (Å²) in [5.41, 5.74) is 0. The Morgan fingerprint density at radius 3 is 2.25 bits per heavy atom. The molecule has 0 radical (unpaired) electrons. The Morgan fingerprint density at radius 2 is 1.83 bits per heavy atom. The molecule has 74 valence electrons. The predicted octanol–water partition coefficient (Wildman–Crippen LogP) is 4.18. The molecule has 0 nitrogen and oxygen atoms in total. The molecule has 0 spiro atoms. The van der Waals surface area contributed by atoms with Gasteiger partial charge in [0.25, 0.3) is 0 Å². The molecule has 0 saturated heterocycles. The van der Waals surface area contributed by atoms with Crippen LogP contribution in [0.3, 0.4) is 0 Å². The van der Waals surface area contributed by atoms with Crippen LogP contribution in [0.2, 0.25) is 0 Å². The normalized spacial score (nSPS) is 16.5. The van der Waals surface area contributed by atoms with E-state index in [1.807, 2.05) is 13.8 Å². The summed E-state index contributed by atoms with van der Waals surface area (Å²) in [6.07, 6.45) is 2.41. The van der Waals surface area contributed by atoms with Crippen LogP contribution in [0.1, 0.15) is 40.0 Å². The summed E-state index contributed by atoms with van der Waals surface area (Å²) >= 11 is 3.38. The molecule has 0 N–H and O–H groups in total. The first-order chi connectivity index (χ1) is 5.57. The molecule has 0 aliphatic carbocycles. The molecule has 0 heterocycles. The summed E-state index contributed by atoms with van der Waals surface area (Å²) in [7, 11) is 0. The summed E-state index contributed by atoms with van der Waals surface area (Å²) in [6, 6.07) is 0. The fourth-order valence-electron chi connectivity index (χ4n) is 1.20. The zero-order chi connectivity index (χ0) is 9.56. The topological polar surface area (TPSA) is 0 Å². The number of rotatable bonds is 6. The lowest BCUT2D eigenvalue weighted by Crippen LogP contribution is -2.13. The van der Waals surface area contributed by atoms with Gasteiger partial charge in [0, 0.05) is 5.33 Å². The zero-order valence-corrected chi connectivity index (χ0v) is 9.90. The molecule has 0 aromatic rings. The van der Waals surface area contributed by atoms with E-state index in [9.17, 15) is 4.39 Å². The molecule has 2 unspecified atom stereocenters. The molecular weight excluding hydrogens is 219 g/mol. The van der Waals surface area contributed by atoms with E-state index in [0.29, 0.717) is 5.92 Å². The average Bonchev–Trinajstić information content (AvgIpc) is 2.00. The Morgan fingerprint density at radius 1 is 1.25 bits per heavy atom. The third-order valence-corrected chi connectivity index (χ3v) is 2.74. The molecule has 0 aromatic carbocycles.